The fourth-order valence-corrected chi connectivity index (χ4v) is 3.46. The van der Waals surface area contributed by atoms with Gasteiger partial charge in [0.2, 0.25) is 5.91 Å². The molecule has 0 saturated carbocycles. The number of methoxy groups -OCH3 is 1. The van der Waals surface area contributed by atoms with E-state index in [-0.39, 0.29) is 11.9 Å². The number of carbonyl (C=O) groups is 1. The van der Waals surface area contributed by atoms with Gasteiger partial charge in [-0.05, 0) is 30.8 Å². The second-order valence-corrected chi connectivity index (χ2v) is 6.90. The number of hydrogen-bond acceptors (Lipinski definition) is 4. The van der Waals surface area contributed by atoms with Crippen molar-refractivity contribution in [3.05, 3.63) is 59.1 Å². The quantitative estimate of drug-likeness (QED) is 0.873. The number of hydrogen-bond donors (Lipinski definition) is 1. The van der Waals surface area contributed by atoms with Crippen molar-refractivity contribution in [2.45, 2.75) is 6.04 Å². The molecule has 0 bridgehead atoms. The SMILES string of the molecule is COc1ccc(NC(=O)[C@H](c2ccccc2)N2CCN(C)CC2)cc1Cl. The van der Waals surface area contributed by atoms with Crippen LogP contribution >= 0.6 is 11.6 Å². The van der Waals surface area contributed by atoms with Gasteiger partial charge in [-0.15, -0.1) is 0 Å². The van der Waals surface area contributed by atoms with Crippen LogP contribution in [0.3, 0.4) is 0 Å². The largest absolute Gasteiger partial charge is 0.495 e. The zero-order chi connectivity index (χ0) is 18.5. The number of rotatable bonds is 5. The Morgan fingerprint density at radius 1 is 1.12 bits per heavy atom. The topological polar surface area (TPSA) is 44.8 Å². The summed E-state index contributed by atoms with van der Waals surface area (Å²) in [5.41, 5.74) is 1.66. The normalized spacial score (nSPS) is 16.9. The maximum Gasteiger partial charge on any atom is 0.246 e. The molecule has 6 heteroatoms. The minimum Gasteiger partial charge on any atom is -0.495 e. The molecule has 5 nitrogen and oxygen atoms in total. The summed E-state index contributed by atoms with van der Waals surface area (Å²) in [5.74, 6) is 0.533. The number of benzene rings is 2. The van der Waals surface area contributed by atoms with Gasteiger partial charge < -0.3 is 15.0 Å². The van der Waals surface area contributed by atoms with Crippen LogP contribution in [0.1, 0.15) is 11.6 Å². The molecule has 2 aromatic rings. The van der Waals surface area contributed by atoms with Gasteiger partial charge in [0.15, 0.2) is 0 Å². The van der Waals surface area contributed by atoms with Crippen molar-refractivity contribution in [1.82, 2.24) is 9.80 Å². The molecule has 1 saturated heterocycles. The highest BCUT2D eigenvalue weighted by atomic mass is 35.5. The molecule has 3 rings (SSSR count). The molecule has 138 valence electrons. The van der Waals surface area contributed by atoms with Gasteiger partial charge in [0.25, 0.3) is 0 Å². The molecule has 26 heavy (non-hydrogen) atoms. The number of nitrogens with one attached hydrogen (secondary N) is 1. The molecule has 0 aliphatic carbocycles. The van der Waals surface area contributed by atoms with Gasteiger partial charge in [-0.3, -0.25) is 9.69 Å². The van der Waals surface area contributed by atoms with Gasteiger partial charge in [0.1, 0.15) is 11.8 Å². The van der Waals surface area contributed by atoms with E-state index in [9.17, 15) is 4.79 Å². The van der Waals surface area contributed by atoms with Gasteiger partial charge in [-0.25, -0.2) is 0 Å². The van der Waals surface area contributed by atoms with Crippen LogP contribution in [0, 0.1) is 0 Å². The van der Waals surface area contributed by atoms with E-state index < -0.39 is 0 Å². The second-order valence-electron chi connectivity index (χ2n) is 6.49. The Hall–Kier alpha value is -2.08. The van der Waals surface area contributed by atoms with E-state index in [2.05, 4.69) is 22.2 Å². The summed E-state index contributed by atoms with van der Waals surface area (Å²) in [4.78, 5) is 17.6. The number of halogens is 1. The third-order valence-corrected chi connectivity index (χ3v) is 4.98. The lowest BCUT2D eigenvalue weighted by Gasteiger charge is -2.37. The van der Waals surface area contributed by atoms with E-state index in [1.54, 1.807) is 25.3 Å². The summed E-state index contributed by atoms with van der Waals surface area (Å²) in [5, 5.41) is 3.48. The molecule has 1 aliphatic heterocycles. The summed E-state index contributed by atoms with van der Waals surface area (Å²) in [6, 6.07) is 14.8. The average molecular weight is 374 g/mol. The number of carbonyl (C=O) groups excluding carboxylic acids is 1. The number of likely N-dealkylation sites (N-methyl/N-ethyl adjacent to an activating group) is 1. The zero-order valence-corrected chi connectivity index (χ0v) is 15.9. The van der Waals surface area contributed by atoms with Crippen LogP contribution in [0.25, 0.3) is 0 Å². The number of amides is 1. The lowest BCUT2D eigenvalue weighted by Crippen LogP contribution is -2.48. The molecule has 1 atom stereocenters. The van der Waals surface area contributed by atoms with Crippen molar-refractivity contribution in [3.63, 3.8) is 0 Å². The van der Waals surface area contributed by atoms with Crippen molar-refractivity contribution in [1.29, 1.82) is 0 Å². The Kier molecular flexibility index (Phi) is 6.14. The van der Waals surface area contributed by atoms with E-state index in [1.807, 2.05) is 30.3 Å². The molecule has 1 heterocycles. The Bertz CT molecular complexity index is 746. The Labute approximate surface area is 159 Å². The summed E-state index contributed by atoms with van der Waals surface area (Å²) < 4.78 is 5.17. The molecule has 1 N–H and O–H groups in total. The minimum absolute atomic E-state index is 0.0537. The van der Waals surface area contributed by atoms with Crippen molar-refractivity contribution >= 4 is 23.2 Å². The first kappa shape index (κ1) is 18.7. The molecular weight excluding hydrogens is 350 g/mol. The third-order valence-electron chi connectivity index (χ3n) is 4.69. The first-order chi connectivity index (χ1) is 12.6. The fourth-order valence-electron chi connectivity index (χ4n) is 3.20. The van der Waals surface area contributed by atoms with Crippen LogP contribution in [-0.2, 0) is 4.79 Å². The minimum atomic E-state index is -0.328. The average Bonchev–Trinajstić information content (AvgIpc) is 2.65. The predicted molar refractivity (Wildman–Crippen MR) is 105 cm³/mol. The second kappa shape index (κ2) is 8.54. The first-order valence-electron chi connectivity index (χ1n) is 8.70. The highest BCUT2D eigenvalue weighted by Crippen LogP contribution is 2.29. The lowest BCUT2D eigenvalue weighted by atomic mass is 10.0. The van der Waals surface area contributed by atoms with E-state index in [0.717, 1.165) is 31.7 Å². The molecule has 0 unspecified atom stereocenters. The fraction of sp³-hybridized carbons (Fsp3) is 0.350. The number of nitrogens with zero attached hydrogens (tertiary/aromatic N) is 2. The molecule has 0 aromatic heterocycles. The molecule has 1 fully saturated rings. The van der Waals surface area contributed by atoms with Crippen LogP contribution in [-0.4, -0.2) is 56.0 Å². The first-order valence-corrected chi connectivity index (χ1v) is 9.08. The van der Waals surface area contributed by atoms with E-state index in [0.29, 0.717) is 16.5 Å². The Morgan fingerprint density at radius 3 is 2.42 bits per heavy atom. The molecule has 0 spiro atoms. The number of anilines is 1. The Morgan fingerprint density at radius 2 is 1.81 bits per heavy atom. The van der Waals surface area contributed by atoms with Crippen LogP contribution in [0.5, 0.6) is 5.75 Å². The molecule has 1 aliphatic rings. The molecular formula is C20H24ClN3O2. The summed E-state index contributed by atoms with van der Waals surface area (Å²) in [6.45, 7) is 3.61. The number of ether oxygens (including phenoxy) is 1. The van der Waals surface area contributed by atoms with E-state index in [4.69, 9.17) is 16.3 Å². The maximum atomic E-state index is 13.1. The number of piperazine rings is 1. The van der Waals surface area contributed by atoms with Crippen molar-refractivity contribution in [2.75, 3.05) is 45.7 Å². The highest BCUT2D eigenvalue weighted by molar-refractivity contribution is 6.32. The van der Waals surface area contributed by atoms with Gasteiger partial charge in [-0.2, -0.15) is 0 Å². The monoisotopic (exact) mass is 373 g/mol. The van der Waals surface area contributed by atoms with Crippen LogP contribution < -0.4 is 10.1 Å². The van der Waals surface area contributed by atoms with Crippen molar-refractivity contribution < 1.29 is 9.53 Å². The third kappa shape index (κ3) is 4.36. The lowest BCUT2D eigenvalue weighted by molar-refractivity contribution is -0.122. The smallest absolute Gasteiger partial charge is 0.246 e. The van der Waals surface area contributed by atoms with Gasteiger partial charge >= 0.3 is 0 Å². The van der Waals surface area contributed by atoms with Crippen molar-refractivity contribution in [3.8, 4) is 5.75 Å². The van der Waals surface area contributed by atoms with Gasteiger partial charge in [-0.1, -0.05) is 41.9 Å². The standard InChI is InChI=1S/C20H24ClN3O2/c1-23-10-12-24(13-11-23)19(15-6-4-3-5-7-15)20(25)22-16-8-9-18(26-2)17(21)14-16/h3-9,14,19H,10-13H2,1-2H3,(H,22,25)/t19-/m0/s1. The molecule has 2 aromatic carbocycles. The summed E-state index contributed by atoms with van der Waals surface area (Å²) in [6.07, 6.45) is 0. The van der Waals surface area contributed by atoms with Crippen LogP contribution in [0.15, 0.2) is 48.5 Å². The van der Waals surface area contributed by atoms with E-state index >= 15 is 0 Å². The maximum absolute atomic E-state index is 13.1. The predicted octanol–water partition coefficient (Wildman–Crippen LogP) is 3.28. The highest BCUT2D eigenvalue weighted by Gasteiger charge is 2.29. The molecule has 0 radical (unpaired) electrons. The Balaban J connectivity index is 1.82. The van der Waals surface area contributed by atoms with Gasteiger partial charge in [0, 0.05) is 31.9 Å². The summed E-state index contributed by atoms with van der Waals surface area (Å²) in [7, 11) is 3.67. The van der Waals surface area contributed by atoms with Crippen molar-refractivity contribution in [2.24, 2.45) is 0 Å². The summed E-state index contributed by atoms with van der Waals surface area (Å²) >= 11 is 6.18. The van der Waals surface area contributed by atoms with E-state index in [1.165, 1.54) is 0 Å². The van der Waals surface area contributed by atoms with Crippen LogP contribution in [0.4, 0.5) is 5.69 Å². The zero-order valence-electron chi connectivity index (χ0n) is 15.1. The molecule has 1 amide bonds. The van der Waals surface area contributed by atoms with Crippen LogP contribution in [0.2, 0.25) is 5.02 Å². The van der Waals surface area contributed by atoms with Gasteiger partial charge in [0.05, 0.1) is 12.1 Å².